The molecule has 0 radical (unpaired) electrons. The number of hydrogen-bond acceptors (Lipinski definition) is 6. The van der Waals surface area contributed by atoms with Crippen LogP contribution >= 0.6 is 11.3 Å². The fourth-order valence-electron chi connectivity index (χ4n) is 3.02. The first-order valence-electron chi connectivity index (χ1n) is 8.07. The number of halogens is 3. The quantitative estimate of drug-likeness (QED) is 0.782. The average molecular weight is 430 g/mol. The molecule has 0 saturated carbocycles. The van der Waals surface area contributed by atoms with Crippen molar-refractivity contribution in [2.45, 2.75) is 18.8 Å². The molecule has 12 heteroatoms. The highest BCUT2D eigenvalue weighted by Crippen LogP contribution is 2.26. The lowest BCUT2D eigenvalue weighted by molar-refractivity contribution is -0.192. The molecule has 27 heavy (non-hydrogen) atoms. The van der Waals surface area contributed by atoms with Crippen LogP contribution in [-0.2, 0) is 26.1 Å². The largest absolute Gasteiger partial charge is 0.490 e. The van der Waals surface area contributed by atoms with Crippen molar-refractivity contribution in [3.8, 4) is 0 Å². The van der Waals surface area contributed by atoms with Gasteiger partial charge in [-0.2, -0.15) is 28.8 Å². The molecule has 0 bridgehead atoms. The number of ether oxygens (including phenoxy) is 1. The van der Waals surface area contributed by atoms with E-state index in [2.05, 4.69) is 21.7 Å². The Labute approximate surface area is 159 Å². The minimum Gasteiger partial charge on any atom is -0.475 e. The summed E-state index contributed by atoms with van der Waals surface area (Å²) in [4.78, 5) is 11.3. The molecule has 7 nitrogen and oxygen atoms in total. The van der Waals surface area contributed by atoms with Gasteiger partial charge in [-0.15, -0.1) is 0 Å². The third-order valence-electron chi connectivity index (χ3n) is 4.27. The SMILES string of the molecule is CS(=O)(=O)N1CCO[C@@H]2CN(Cc3ccsc3)C[C@@H]2C1.O=C(O)C(F)(F)F. The van der Waals surface area contributed by atoms with Crippen molar-refractivity contribution in [3.63, 3.8) is 0 Å². The summed E-state index contributed by atoms with van der Waals surface area (Å²) >= 11 is 1.71. The van der Waals surface area contributed by atoms with Gasteiger partial charge in [0.1, 0.15) is 0 Å². The molecule has 0 unspecified atom stereocenters. The second-order valence-corrected chi connectivity index (χ2v) is 9.18. The molecule has 1 aromatic rings. The van der Waals surface area contributed by atoms with Gasteiger partial charge < -0.3 is 9.84 Å². The number of carboxylic acid groups (broad SMARTS) is 1. The number of fused-ring (bicyclic) bond motifs is 1. The third-order valence-corrected chi connectivity index (χ3v) is 6.27. The minimum absolute atomic E-state index is 0.167. The Morgan fingerprint density at radius 2 is 2.04 bits per heavy atom. The zero-order chi connectivity index (χ0) is 20.2. The van der Waals surface area contributed by atoms with Gasteiger partial charge in [-0.3, -0.25) is 4.90 Å². The summed E-state index contributed by atoms with van der Waals surface area (Å²) in [5.74, 6) is -2.47. The van der Waals surface area contributed by atoms with Crippen LogP contribution in [0.4, 0.5) is 13.2 Å². The van der Waals surface area contributed by atoms with E-state index in [-0.39, 0.29) is 12.0 Å². The van der Waals surface area contributed by atoms with Crippen molar-refractivity contribution in [2.75, 3.05) is 39.0 Å². The van der Waals surface area contributed by atoms with Crippen LogP contribution in [0, 0.1) is 5.92 Å². The standard InChI is InChI=1S/C13H20N2O3S2.C2HF3O2/c1-20(16,17)15-3-4-18-13-9-14(7-12(13)8-15)6-11-2-5-19-10-11;3-2(4,5)1(6)7/h2,5,10,12-13H,3-4,6-9H2,1H3;(H,6,7)/t12-,13-;/m1./s1. The van der Waals surface area contributed by atoms with Crippen LogP contribution in [0.25, 0.3) is 0 Å². The minimum atomic E-state index is -5.08. The molecule has 2 atom stereocenters. The molecule has 1 aromatic heterocycles. The molecule has 2 fully saturated rings. The fourth-order valence-corrected chi connectivity index (χ4v) is 4.55. The van der Waals surface area contributed by atoms with Crippen LogP contribution in [-0.4, -0.2) is 80.0 Å². The zero-order valence-electron chi connectivity index (χ0n) is 14.6. The molecule has 2 saturated heterocycles. The predicted octanol–water partition coefficient (Wildman–Crippen LogP) is 1.47. The fraction of sp³-hybridized carbons (Fsp3) is 0.667. The highest BCUT2D eigenvalue weighted by Gasteiger charge is 2.39. The van der Waals surface area contributed by atoms with Crippen LogP contribution in [0.1, 0.15) is 5.56 Å². The third kappa shape index (κ3) is 6.71. The van der Waals surface area contributed by atoms with Crippen LogP contribution in [0.5, 0.6) is 0 Å². The first-order valence-corrected chi connectivity index (χ1v) is 10.9. The van der Waals surface area contributed by atoms with Gasteiger partial charge in [0, 0.05) is 38.6 Å². The summed E-state index contributed by atoms with van der Waals surface area (Å²) in [5, 5.41) is 11.4. The molecule has 2 aliphatic heterocycles. The number of carboxylic acids is 1. The number of sulfonamides is 1. The zero-order valence-corrected chi connectivity index (χ0v) is 16.2. The van der Waals surface area contributed by atoms with Crippen molar-refractivity contribution >= 4 is 27.3 Å². The number of likely N-dealkylation sites (tertiary alicyclic amines) is 1. The number of carbonyl (C=O) groups is 1. The van der Waals surface area contributed by atoms with E-state index in [9.17, 15) is 21.6 Å². The van der Waals surface area contributed by atoms with Gasteiger partial charge in [0.25, 0.3) is 0 Å². The predicted molar refractivity (Wildman–Crippen MR) is 92.9 cm³/mol. The van der Waals surface area contributed by atoms with Crippen molar-refractivity contribution < 1.29 is 36.2 Å². The number of hydrogen-bond donors (Lipinski definition) is 1. The Bertz CT molecular complexity index is 724. The number of rotatable bonds is 3. The van der Waals surface area contributed by atoms with E-state index in [1.165, 1.54) is 11.8 Å². The summed E-state index contributed by atoms with van der Waals surface area (Å²) in [7, 11) is -3.12. The molecular weight excluding hydrogens is 409 g/mol. The summed E-state index contributed by atoms with van der Waals surface area (Å²) in [6.45, 7) is 4.31. The van der Waals surface area contributed by atoms with Crippen LogP contribution < -0.4 is 0 Å². The van der Waals surface area contributed by atoms with Gasteiger partial charge >= 0.3 is 12.1 Å². The molecule has 0 aliphatic carbocycles. The first kappa shape index (κ1) is 22.1. The summed E-state index contributed by atoms with van der Waals surface area (Å²) in [5.41, 5.74) is 1.33. The van der Waals surface area contributed by atoms with Crippen molar-refractivity contribution in [3.05, 3.63) is 22.4 Å². The monoisotopic (exact) mass is 430 g/mol. The Balaban J connectivity index is 0.000000321. The van der Waals surface area contributed by atoms with E-state index in [0.717, 1.165) is 19.6 Å². The lowest BCUT2D eigenvalue weighted by Crippen LogP contribution is -2.36. The topological polar surface area (TPSA) is 87.2 Å². The first-order chi connectivity index (χ1) is 12.5. The van der Waals surface area contributed by atoms with Gasteiger partial charge in [0.2, 0.25) is 10.0 Å². The van der Waals surface area contributed by atoms with Crippen molar-refractivity contribution in [2.24, 2.45) is 5.92 Å². The Morgan fingerprint density at radius 1 is 1.37 bits per heavy atom. The Morgan fingerprint density at radius 3 is 2.56 bits per heavy atom. The molecule has 154 valence electrons. The molecular formula is C15H21F3N2O5S2. The molecule has 0 spiro atoms. The van der Waals surface area contributed by atoms with E-state index in [1.807, 2.05) is 0 Å². The van der Waals surface area contributed by atoms with Gasteiger partial charge in [-0.25, -0.2) is 13.2 Å². The van der Waals surface area contributed by atoms with Crippen LogP contribution in [0.15, 0.2) is 16.8 Å². The summed E-state index contributed by atoms with van der Waals surface area (Å²) < 4.78 is 62.6. The maximum atomic E-state index is 11.7. The maximum Gasteiger partial charge on any atom is 0.490 e. The van der Waals surface area contributed by atoms with Crippen molar-refractivity contribution in [1.29, 1.82) is 0 Å². The molecule has 2 aliphatic rings. The molecule has 3 rings (SSSR count). The summed E-state index contributed by atoms with van der Waals surface area (Å²) in [6.07, 6.45) is -3.63. The van der Waals surface area contributed by atoms with Crippen molar-refractivity contribution in [1.82, 2.24) is 9.21 Å². The second kappa shape index (κ2) is 8.86. The lowest BCUT2D eigenvalue weighted by Gasteiger charge is -2.21. The number of nitrogens with zero attached hydrogens (tertiary/aromatic N) is 2. The highest BCUT2D eigenvalue weighted by molar-refractivity contribution is 7.88. The normalized spacial score (nSPS) is 24.6. The Hall–Kier alpha value is -1.21. The van der Waals surface area contributed by atoms with Gasteiger partial charge in [-0.05, 0) is 22.4 Å². The highest BCUT2D eigenvalue weighted by atomic mass is 32.2. The van der Waals surface area contributed by atoms with Gasteiger partial charge in [-0.1, -0.05) is 0 Å². The lowest BCUT2D eigenvalue weighted by atomic mass is 10.1. The van der Waals surface area contributed by atoms with E-state index in [0.29, 0.717) is 19.7 Å². The van der Waals surface area contributed by atoms with Gasteiger partial charge in [0.05, 0.1) is 19.0 Å². The maximum absolute atomic E-state index is 11.7. The van der Waals surface area contributed by atoms with E-state index < -0.39 is 22.2 Å². The Kier molecular flexibility index (Phi) is 7.25. The second-order valence-electron chi connectivity index (χ2n) is 6.42. The number of thiophene rings is 1. The molecule has 1 N–H and O–H groups in total. The van der Waals surface area contributed by atoms with Crippen LogP contribution in [0.3, 0.4) is 0 Å². The summed E-state index contributed by atoms with van der Waals surface area (Å²) in [6, 6.07) is 2.14. The van der Waals surface area contributed by atoms with E-state index >= 15 is 0 Å². The number of alkyl halides is 3. The van der Waals surface area contributed by atoms with Crippen LogP contribution in [0.2, 0.25) is 0 Å². The molecule has 0 amide bonds. The van der Waals surface area contributed by atoms with E-state index in [4.69, 9.17) is 14.6 Å². The van der Waals surface area contributed by atoms with Gasteiger partial charge in [0.15, 0.2) is 0 Å². The number of aliphatic carboxylic acids is 1. The van der Waals surface area contributed by atoms with E-state index in [1.54, 1.807) is 15.6 Å². The smallest absolute Gasteiger partial charge is 0.475 e. The molecule has 0 aromatic carbocycles. The average Bonchev–Trinajstić information content (AvgIpc) is 3.11. The molecule has 3 heterocycles.